The predicted molar refractivity (Wildman–Crippen MR) is 62.8 cm³/mol. The smallest absolute Gasteiger partial charge is 0.134 e. The Bertz CT molecular complexity index is 632. The van der Waals surface area contributed by atoms with E-state index in [-0.39, 0.29) is 0 Å². The van der Waals surface area contributed by atoms with Crippen LogP contribution in [0.1, 0.15) is 0 Å². The van der Waals surface area contributed by atoms with E-state index in [0.29, 0.717) is 5.82 Å². The molecule has 3 aromatic rings. The molecule has 2 aromatic heterocycles. The van der Waals surface area contributed by atoms with Gasteiger partial charge in [0.05, 0.1) is 12.0 Å². The highest BCUT2D eigenvalue weighted by molar-refractivity contribution is 5.93. The number of benzene rings is 1. The van der Waals surface area contributed by atoms with Crippen LogP contribution in [0.15, 0.2) is 41.0 Å². The first-order valence-electron chi connectivity index (χ1n) is 5.02. The van der Waals surface area contributed by atoms with Gasteiger partial charge in [-0.15, -0.1) is 0 Å². The van der Waals surface area contributed by atoms with Crippen molar-refractivity contribution in [3.05, 3.63) is 36.6 Å². The van der Waals surface area contributed by atoms with E-state index < -0.39 is 0 Å². The number of hydrogen-bond donors (Lipinski definition) is 1. The summed E-state index contributed by atoms with van der Waals surface area (Å²) in [7, 11) is 1.83. The fourth-order valence-corrected chi connectivity index (χ4v) is 1.83. The Labute approximate surface area is 92.3 Å². The lowest BCUT2D eigenvalue weighted by atomic mass is 10.1. The summed E-state index contributed by atoms with van der Waals surface area (Å²) < 4.78 is 7.01. The molecule has 1 aromatic carbocycles. The molecule has 0 atom stereocenters. The lowest BCUT2D eigenvalue weighted by molar-refractivity contribution is 0.616. The summed E-state index contributed by atoms with van der Waals surface area (Å²) in [5, 5.41) is 5.42. The zero-order chi connectivity index (χ0) is 11.1. The molecule has 0 bridgehead atoms. The van der Waals surface area contributed by atoms with Crippen molar-refractivity contribution in [2.75, 3.05) is 5.73 Å². The quantitative estimate of drug-likeness (QED) is 0.675. The van der Waals surface area contributed by atoms with E-state index in [4.69, 9.17) is 10.2 Å². The lowest BCUT2D eigenvalue weighted by Gasteiger charge is -1.97. The van der Waals surface area contributed by atoms with E-state index in [1.165, 1.54) is 0 Å². The third kappa shape index (κ3) is 1.20. The van der Waals surface area contributed by atoms with Gasteiger partial charge in [-0.05, 0) is 12.1 Å². The Hall–Kier alpha value is -2.23. The second kappa shape index (κ2) is 3.13. The Kier molecular flexibility index (Phi) is 1.77. The van der Waals surface area contributed by atoms with Crippen molar-refractivity contribution in [1.82, 2.24) is 9.78 Å². The molecular weight excluding hydrogens is 202 g/mol. The van der Waals surface area contributed by atoms with E-state index in [2.05, 4.69) is 5.10 Å². The zero-order valence-corrected chi connectivity index (χ0v) is 8.84. The third-order valence-corrected chi connectivity index (χ3v) is 2.69. The number of rotatable bonds is 1. The molecule has 0 amide bonds. The van der Waals surface area contributed by atoms with Crippen LogP contribution in [-0.4, -0.2) is 9.78 Å². The van der Waals surface area contributed by atoms with Crippen molar-refractivity contribution >= 4 is 16.8 Å². The number of anilines is 1. The number of hydrogen-bond acceptors (Lipinski definition) is 3. The van der Waals surface area contributed by atoms with Crippen molar-refractivity contribution in [3.8, 4) is 11.3 Å². The van der Waals surface area contributed by atoms with Gasteiger partial charge in [0.1, 0.15) is 11.4 Å². The first kappa shape index (κ1) is 9.03. The molecule has 0 spiro atoms. The molecule has 0 unspecified atom stereocenters. The number of furan rings is 1. The van der Waals surface area contributed by atoms with Crippen LogP contribution in [0.3, 0.4) is 0 Å². The maximum Gasteiger partial charge on any atom is 0.134 e. The number of fused-ring (bicyclic) bond motifs is 1. The summed E-state index contributed by atoms with van der Waals surface area (Å²) >= 11 is 0. The molecule has 0 radical (unpaired) electrons. The van der Waals surface area contributed by atoms with Gasteiger partial charge in [-0.25, -0.2) is 0 Å². The molecule has 2 N–H and O–H groups in total. The van der Waals surface area contributed by atoms with Crippen LogP contribution >= 0.6 is 0 Å². The predicted octanol–water partition coefficient (Wildman–Crippen LogP) is 2.42. The number of aryl methyl sites for hydroxylation is 1. The highest BCUT2D eigenvalue weighted by atomic mass is 16.3. The number of nitrogens with two attached hydrogens (primary N) is 1. The van der Waals surface area contributed by atoms with Crippen molar-refractivity contribution in [3.63, 3.8) is 0 Å². The molecule has 0 aliphatic heterocycles. The first-order valence-corrected chi connectivity index (χ1v) is 5.02. The number of aromatic nitrogens is 2. The van der Waals surface area contributed by atoms with Gasteiger partial charge in [0.2, 0.25) is 0 Å². The van der Waals surface area contributed by atoms with Crippen molar-refractivity contribution < 1.29 is 4.42 Å². The Morgan fingerprint density at radius 2 is 2.19 bits per heavy atom. The molecule has 0 aliphatic carbocycles. The summed E-state index contributed by atoms with van der Waals surface area (Å²) in [6.45, 7) is 0. The molecule has 0 aliphatic rings. The molecular formula is C12H11N3O. The van der Waals surface area contributed by atoms with E-state index in [0.717, 1.165) is 22.2 Å². The molecule has 3 rings (SSSR count). The molecule has 16 heavy (non-hydrogen) atoms. The fraction of sp³-hybridized carbons (Fsp3) is 0.0833. The van der Waals surface area contributed by atoms with E-state index in [1.54, 1.807) is 10.9 Å². The largest absolute Gasteiger partial charge is 0.464 e. The van der Waals surface area contributed by atoms with Gasteiger partial charge in [-0.1, -0.05) is 12.1 Å². The van der Waals surface area contributed by atoms with Gasteiger partial charge in [0.15, 0.2) is 0 Å². The van der Waals surface area contributed by atoms with Gasteiger partial charge in [-0.3, -0.25) is 4.68 Å². The Morgan fingerprint density at radius 3 is 2.94 bits per heavy atom. The van der Waals surface area contributed by atoms with E-state index >= 15 is 0 Å². The minimum absolute atomic E-state index is 0.649. The zero-order valence-electron chi connectivity index (χ0n) is 8.84. The molecule has 4 nitrogen and oxygen atoms in total. The highest BCUT2D eigenvalue weighted by Crippen LogP contribution is 2.29. The second-order valence-electron chi connectivity index (χ2n) is 3.72. The Morgan fingerprint density at radius 1 is 1.31 bits per heavy atom. The van der Waals surface area contributed by atoms with Gasteiger partial charge < -0.3 is 10.2 Å². The van der Waals surface area contributed by atoms with E-state index in [1.807, 2.05) is 37.4 Å². The van der Waals surface area contributed by atoms with Crippen LogP contribution in [0.4, 0.5) is 5.82 Å². The second-order valence-corrected chi connectivity index (χ2v) is 3.72. The van der Waals surface area contributed by atoms with Gasteiger partial charge in [-0.2, -0.15) is 5.10 Å². The Balaban J connectivity index is 2.29. The minimum Gasteiger partial charge on any atom is -0.464 e. The highest BCUT2D eigenvalue weighted by Gasteiger charge is 2.09. The van der Waals surface area contributed by atoms with Crippen molar-refractivity contribution in [2.45, 2.75) is 0 Å². The average molecular weight is 213 g/mol. The summed E-state index contributed by atoms with van der Waals surface area (Å²) in [5.41, 5.74) is 8.55. The van der Waals surface area contributed by atoms with Gasteiger partial charge in [0.25, 0.3) is 0 Å². The standard InChI is InChI=1S/C12H11N3O/c1-15-12(13)7-10(14-15)8-3-2-4-11-9(8)5-6-16-11/h2-7H,13H2,1H3. The fourth-order valence-electron chi connectivity index (χ4n) is 1.83. The van der Waals surface area contributed by atoms with Crippen LogP contribution in [0.5, 0.6) is 0 Å². The molecule has 0 saturated heterocycles. The van der Waals surface area contributed by atoms with Crippen molar-refractivity contribution in [1.29, 1.82) is 0 Å². The summed E-state index contributed by atoms with van der Waals surface area (Å²) in [5.74, 6) is 0.649. The topological polar surface area (TPSA) is 57.0 Å². The number of nitrogens with zero attached hydrogens (tertiary/aromatic N) is 2. The summed E-state index contributed by atoms with van der Waals surface area (Å²) in [6, 6.07) is 9.70. The van der Waals surface area contributed by atoms with Crippen LogP contribution in [-0.2, 0) is 7.05 Å². The monoisotopic (exact) mass is 213 g/mol. The van der Waals surface area contributed by atoms with Crippen LogP contribution in [0, 0.1) is 0 Å². The lowest BCUT2D eigenvalue weighted by Crippen LogP contribution is -1.96. The molecule has 80 valence electrons. The molecule has 2 heterocycles. The van der Waals surface area contributed by atoms with Gasteiger partial charge in [0, 0.05) is 24.1 Å². The van der Waals surface area contributed by atoms with Crippen LogP contribution < -0.4 is 5.73 Å². The first-order chi connectivity index (χ1) is 7.75. The van der Waals surface area contributed by atoms with E-state index in [9.17, 15) is 0 Å². The van der Waals surface area contributed by atoms with Crippen molar-refractivity contribution in [2.24, 2.45) is 7.05 Å². The molecule has 4 heteroatoms. The van der Waals surface area contributed by atoms with Crippen LogP contribution in [0.2, 0.25) is 0 Å². The average Bonchev–Trinajstić information content (AvgIpc) is 2.85. The third-order valence-electron chi connectivity index (χ3n) is 2.69. The molecule has 0 fully saturated rings. The summed E-state index contributed by atoms with van der Waals surface area (Å²) in [4.78, 5) is 0. The molecule has 0 saturated carbocycles. The normalized spacial score (nSPS) is 11.1. The SMILES string of the molecule is Cn1nc(-c2cccc3occc23)cc1N. The maximum atomic E-state index is 5.77. The minimum atomic E-state index is 0.649. The number of nitrogen functional groups attached to an aromatic ring is 1. The van der Waals surface area contributed by atoms with Crippen LogP contribution in [0.25, 0.3) is 22.2 Å². The maximum absolute atomic E-state index is 5.77. The van der Waals surface area contributed by atoms with Gasteiger partial charge >= 0.3 is 0 Å². The summed E-state index contributed by atoms with van der Waals surface area (Å²) in [6.07, 6.45) is 1.68.